The summed E-state index contributed by atoms with van der Waals surface area (Å²) in [6.45, 7) is 2.99. The van der Waals surface area contributed by atoms with Gasteiger partial charge < -0.3 is 10.8 Å². The number of nitrogens with zero attached hydrogens (tertiary/aromatic N) is 1. The molecule has 2 atom stereocenters. The second-order valence-corrected chi connectivity index (χ2v) is 6.23. The summed E-state index contributed by atoms with van der Waals surface area (Å²) in [5.41, 5.74) is 7.31. The highest BCUT2D eigenvalue weighted by atomic mass is 35.5. The third-order valence-electron chi connectivity index (χ3n) is 3.92. The topological polar surface area (TPSA) is 49.5 Å². The van der Waals surface area contributed by atoms with Crippen molar-refractivity contribution in [3.05, 3.63) is 34.9 Å². The average molecular weight is 283 g/mol. The minimum Gasteiger partial charge on any atom is -0.393 e. The molecule has 3 N–H and O–H groups in total. The van der Waals surface area contributed by atoms with Crippen molar-refractivity contribution >= 4 is 11.6 Å². The molecule has 106 valence electrons. The van der Waals surface area contributed by atoms with Crippen LogP contribution in [0.5, 0.6) is 0 Å². The predicted molar refractivity (Wildman–Crippen MR) is 79.2 cm³/mol. The second kappa shape index (κ2) is 6.23. The summed E-state index contributed by atoms with van der Waals surface area (Å²) in [5.74, 6) is 0.584. The lowest BCUT2D eigenvalue weighted by Crippen LogP contribution is -2.43. The van der Waals surface area contributed by atoms with E-state index in [4.69, 9.17) is 17.3 Å². The third-order valence-corrected chi connectivity index (χ3v) is 4.16. The van der Waals surface area contributed by atoms with Gasteiger partial charge in [-0.3, -0.25) is 4.90 Å². The maximum Gasteiger partial charge on any atom is 0.0546 e. The molecule has 0 spiro atoms. The molecule has 1 aliphatic rings. The van der Waals surface area contributed by atoms with E-state index in [0.29, 0.717) is 5.92 Å². The fourth-order valence-electron chi connectivity index (χ4n) is 3.02. The van der Waals surface area contributed by atoms with Gasteiger partial charge in [-0.15, -0.1) is 0 Å². The molecule has 0 saturated heterocycles. The Morgan fingerprint density at radius 2 is 2.16 bits per heavy atom. The Hall–Kier alpha value is -0.610. The van der Waals surface area contributed by atoms with Crippen molar-refractivity contribution in [1.29, 1.82) is 0 Å². The van der Waals surface area contributed by atoms with E-state index < -0.39 is 0 Å². The van der Waals surface area contributed by atoms with Gasteiger partial charge in [0.05, 0.1) is 6.10 Å². The Morgan fingerprint density at radius 1 is 1.47 bits per heavy atom. The van der Waals surface area contributed by atoms with Gasteiger partial charge in [0.1, 0.15) is 0 Å². The van der Waals surface area contributed by atoms with Crippen LogP contribution in [-0.2, 0) is 0 Å². The van der Waals surface area contributed by atoms with Crippen LogP contribution in [0.25, 0.3) is 0 Å². The van der Waals surface area contributed by atoms with E-state index in [-0.39, 0.29) is 18.2 Å². The number of hydrogen-bond acceptors (Lipinski definition) is 3. The summed E-state index contributed by atoms with van der Waals surface area (Å²) in [7, 11) is 2.10. The van der Waals surface area contributed by atoms with Gasteiger partial charge in [-0.25, -0.2) is 0 Å². The molecule has 0 radical (unpaired) electrons. The van der Waals surface area contributed by atoms with Crippen LogP contribution in [-0.4, -0.2) is 35.7 Å². The Bertz CT molecular complexity index is 418. The Kier molecular flexibility index (Phi) is 4.85. The molecule has 3 nitrogen and oxygen atoms in total. The minimum atomic E-state index is -0.0988. The summed E-state index contributed by atoms with van der Waals surface area (Å²) in [6, 6.07) is 8.11. The summed E-state index contributed by atoms with van der Waals surface area (Å²) in [4.78, 5) is 2.28. The zero-order valence-electron chi connectivity index (χ0n) is 11.6. The first kappa shape index (κ1) is 14.8. The molecule has 0 amide bonds. The summed E-state index contributed by atoms with van der Waals surface area (Å²) in [6.07, 6.45) is 1.72. The summed E-state index contributed by atoms with van der Waals surface area (Å²) >= 11 is 6.07. The standard InChI is InChI=1S/C15H23ClN2O/c1-10(17)15(12-4-3-5-13(16)8-12)18(2)9-11-6-14(19)7-11/h3-5,8,10-11,14-15,19H,6-7,9,17H2,1-2H3. The van der Waals surface area contributed by atoms with Crippen molar-refractivity contribution in [2.75, 3.05) is 13.6 Å². The van der Waals surface area contributed by atoms with Gasteiger partial charge >= 0.3 is 0 Å². The quantitative estimate of drug-likeness (QED) is 0.872. The SMILES string of the molecule is CC(N)C(c1cccc(Cl)c1)N(C)CC1CC(O)C1. The highest BCUT2D eigenvalue weighted by Gasteiger charge is 2.31. The van der Waals surface area contributed by atoms with Crippen molar-refractivity contribution in [2.24, 2.45) is 11.7 Å². The first-order chi connectivity index (χ1) is 8.97. The number of rotatable bonds is 5. The first-order valence-electron chi connectivity index (χ1n) is 6.86. The highest BCUT2D eigenvalue weighted by Crippen LogP contribution is 2.31. The van der Waals surface area contributed by atoms with Crippen LogP contribution in [0.4, 0.5) is 0 Å². The van der Waals surface area contributed by atoms with Crippen LogP contribution in [0.15, 0.2) is 24.3 Å². The van der Waals surface area contributed by atoms with Crippen LogP contribution in [0.2, 0.25) is 5.02 Å². The number of benzene rings is 1. The fraction of sp³-hybridized carbons (Fsp3) is 0.600. The molecule has 1 aromatic rings. The number of likely N-dealkylation sites (N-methyl/N-ethyl adjacent to an activating group) is 1. The minimum absolute atomic E-state index is 0.0356. The lowest BCUT2D eigenvalue weighted by molar-refractivity contribution is 0.0203. The van der Waals surface area contributed by atoms with Gasteiger partial charge in [-0.1, -0.05) is 23.7 Å². The van der Waals surface area contributed by atoms with Crippen LogP contribution in [0.1, 0.15) is 31.4 Å². The molecular weight excluding hydrogens is 260 g/mol. The number of hydrogen-bond donors (Lipinski definition) is 2. The van der Waals surface area contributed by atoms with E-state index in [1.807, 2.05) is 25.1 Å². The predicted octanol–water partition coefficient (Wildman–Crippen LogP) is 2.43. The van der Waals surface area contributed by atoms with Gasteiger partial charge in [0, 0.05) is 23.7 Å². The fourth-order valence-corrected chi connectivity index (χ4v) is 3.22. The van der Waals surface area contributed by atoms with Crippen molar-refractivity contribution in [3.63, 3.8) is 0 Å². The van der Waals surface area contributed by atoms with E-state index in [9.17, 15) is 5.11 Å². The van der Waals surface area contributed by atoms with E-state index in [1.165, 1.54) is 0 Å². The third kappa shape index (κ3) is 3.69. The molecule has 2 rings (SSSR count). The molecule has 0 aromatic heterocycles. The zero-order chi connectivity index (χ0) is 14.0. The van der Waals surface area contributed by atoms with Gasteiger partial charge in [0.25, 0.3) is 0 Å². The molecule has 2 unspecified atom stereocenters. The van der Waals surface area contributed by atoms with Crippen LogP contribution in [0.3, 0.4) is 0 Å². The van der Waals surface area contributed by atoms with Crippen LogP contribution < -0.4 is 5.73 Å². The molecule has 4 heteroatoms. The van der Waals surface area contributed by atoms with Crippen molar-refractivity contribution in [3.8, 4) is 0 Å². The molecule has 1 saturated carbocycles. The molecule has 1 aromatic carbocycles. The van der Waals surface area contributed by atoms with Crippen molar-refractivity contribution < 1.29 is 5.11 Å². The molecule has 1 aliphatic carbocycles. The molecule has 1 fully saturated rings. The maximum atomic E-state index is 9.37. The zero-order valence-corrected chi connectivity index (χ0v) is 12.3. The van der Waals surface area contributed by atoms with E-state index in [1.54, 1.807) is 0 Å². The molecule has 0 aliphatic heterocycles. The monoisotopic (exact) mass is 282 g/mol. The second-order valence-electron chi connectivity index (χ2n) is 5.79. The number of aliphatic hydroxyl groups is 1. The largest absolute Gasteiger partial charge is 0.393 e. The Balaban J connectivity index is 2.06. The van der Waals surface area contributed by atoms with Crippen LogP contribution in [0, 0.1) is 5.92 Å². The van der Waals surface area contributed by atoms with E-state index in [2.05, 4.69) is 18.0 Å². The molecule has 0 bridgehead atoms. The normalized spacial score (nSPS) is 26.0. The van der Waals surface area contributed by atoms with E-state index >= 15 is 0 Å². The van der Waals surface area contributed by atoms with Crippen LogP contribution >= 0.6 is 11.6 Å². The Morgan fingerprint density at radius 3 is 2.68 bits per heavy atom. The van der Waals surface area contributed by atoms with Gasteiger partial charge in [-0.2, -0.15) is 0 Å². The molecular formula is C15H23ClN2O. The Labute approximate surface area is 120 Å². The summed E-state index contributed by atoms with van der Waals surface area (Å²) < 4.78 is 0. The molecule has 19 heavy (non-hydrogen) atoms. The van der Waals surface area contributed by atoms with Gasteiger partial charge in [-0.05, 0) is 50.4 Å². The highest BCUT2D eigenvalue weighted by molar-refractivity contribution is 6.30. The number of halogens is 1. The maximum absolute atomic E-state index is 9.37. The summed E-state index contributed by atoms with van der Waals surface area (Å²) in [5, 5.41) is 10.1. The van der Waals surface area contributed by atoms with Gasteiger partial charge in [0.15, 0.2) is 0 Å². The number of nitrogens with two attached hydrogens (primary N) is 1. The van der Waals surface area contributed by atoms with Crippen molar-refractivity contribution in [2.45, 2.75) is 38.0 Å². The number of aliphatic hydroxyl groups excluding tert-OH is 1. The van der Waals surface area contributed by atoms with E-state index in [0.717, 1.165) is 30.0 Å². The van der Waals surface area contributed by atoms with Crippen molar-refractivity contribution in [1.82, 2.24) is 4.90 Å². The smallest absolute Gasteiger partial charge is 0.0546 e. The lowest BCUT2D eigenvalue weighted by atomic mass is 9.81. The van der Waals surface area contributed by atoms with Gasteiger partial charge in [0.2, 0.25) is 0 Å². The average Bonchev–Trinajstić information content (AvgIpc) is 2.26. The molecule has 0 heterocycles. The first-order valence-corrected chi connectivity index (χ1v) is 7.24. The lowest BCUT2D eigenvalue weighted by Gasteiger charge is -2.39.